The second-order valence-electron chi connectivity index (χ2n) is 8.68. The molecule has 0 aliphatic heterocycles. The maximum absolute atomic E-state index is 13.8. The van der Waals surface area contributed by atoms with E-state index in [-0.39, 0.29) is 36.9 Å². The zero-order valence-electron chi connectivity index (χ0n) is 20.7. The van der Waals surface area contributed by atoms with Crippen LogP contribution in [0.1, 0.15) is 50.2 Å². The molecule has 3 aromatic heterocycles. The molecule has 0 amide bonds. The fraction of sp³-hybridized carbons (Fsp3) is 0.360. The number of aryl methyl sites for hydroxylation is 2. The van der Waals surface area contributed by atoms with Crippen molar-refractivity contribution >= 4 is 17.1 Å². The lowest BCUT2D eigenvalue weighted by Gasteiger charge is -2.28. The number of aromatic nitrogens is 4. The van der Waals surface area contributed by atoms with Gasteiger partial charge in [-0.15, -0.1) is 0 Å². The molecule has 7 nitrogen and oxygen atoms in total. The van der Waals surface area contributed by atoms with Crippen molar-refractivity contribution in [1.82, 2.24) is 19.7 Å². The molecule has 4 aromatic rings. The number of nitrogens with zero attached hydrogens (tertiary/aromatic N) is 4. The smallest absolute Gasteiger partial charge is 0.335 e. The van der Waals surface area contributed by atoms with Crippen molar-refractivity contribution in [1.29, 1.82) is 0 Å². The Labute approximate surface area is 197 Å². The summed E-state index contributed by atoms with van der Waals surface area (Å²) < 4.78 is 52.2. The van der Waals surface area contributed by atoms with Crippen LogP contribution < -0.4 is 0 Å². The number of halogens is 2. The van der Waals surface area contributed by atoms with Crippen molar-refractivity contribution < 1.29 is 25.9 Å². The number of rotatable bonds is 5. The molecular formula is C25H24F2N4O3. The van der Waals surface area contributed by atoms with Gasteiger partial charge in [-0.05, 0) is 50.3 Å². The zero-order chi connectivity index (χ0) is 25.8. The maximum atomic E-state index is 13.8. The molecule has 0 atom stereocenters. The molecule has 0 bridgehead atoms. The summed E-state index contributed by atoms with van der Waals surface area (Å²) in [6, 6.07) is 6.18. The number of carboxylic acids is 1. The molecule has 1 saturated carbocycles. The van der Waals surface area contributed by atoms with Crippen LogP contribution in [0.3, 0.4) is 0 Å². The van der Waals surface area contributed by atoms with Gasteiger partial charge in [-0.1, -0.05) is 17.3 Å². The lowest BCUT2D eigenvalue weighted by Crippen LogP contribution is -2.26. The van der Waals surface area contributed by atoms with Crippen LogP contribution in [0.15, 0.2) is 41.2 Å². The van der Waals surface area contributed by atoms with Gasteiger partial charge in [0.05, 0.1) is 31.5 Å². The van der Waals surface area contributed by atoms with E-state index in [1.807, 2.05) is 0 Å². The summed E-state index contributed by atoms with van der Waals surface area (Å²) >= 11 is 0. The van der Waals surface area contributed by atoms with Gasteiger partial charge in [0.15, 0.2) is 5.65 Å². The summed E-state index contributed by atoms with van der Waals surface area (Å²) in [4.78, 5) is 20.6. The van der Waals surface area contributed by atoms with Gasteiger partial charge in [-0.2, -0.15) is 0 Å². The van der Waals surface area contributed by atoms with Crippen molar-refractivity contribution in [2.45, 2.75) is 52.0 Å². The Hall–Kier alpha value is -3.62. The number of hydrogen-bond donors (Lipinski definition) is 1. The quantitative estimate of drug-likeness (QED) is 0.392. The molecule has 1 aliphatic rings. The Balaban J connectivity index is 1.68. The average molecular weight is 469 g/mol. The highest BCUT2D eigenvalue weighted by molar-refractivity contribution is 5.93. The minimum absolute atomic E-state index is 0.0410. The van der Waals surface area contributed by atoms with Crippen LogP contribution in [0.5, 0.6) is 0 Å². The third kappa shape index (κ3) is 4.06. The van der Waals surface area contributed by atoms with Gasteiger partial charge >= 0.3 is 5.97 Å². The standard InChI is InChI=1S/C25H24F2N4O3/c1-14-21(15(2)34-30-14)20-11-28-22-19(17-3-5-18(6-4-17)24(32)33)13-31(23(22)29-20)12-16-7-9-25(26,27)10-8-16/h3-6,11,13,16H,7-10,12H2,1-2H3,(H,32,33)/i12D2. The molecule has 0 unspecified atom stereocenters. The van der Waals surface area contributed by atoms with Crippen LogP contribution in [0.25, 0.3) is 33.5 Å². The van der Waals surface area contributed by atoms with Gasteiger partial charge in [-0.25, -0.2) is 23.5 Å². The molecule has 176 valence electrons. The number of fused-ring (bicyclic) bond motifs is 1. The van der Waals surface area contributed by atoms with E-state index in [9.17, 15) is 18.7 Å². The molecular weight excluding hydrogens is 442 g/mol. The molecule has 1 N–H and O–H groups in total. The molecule has 0 saturated heterocycles. The van der Waals surface area contributed by atoms with Crippen molar-refractivity contribution in [3.63, 3.8) is 0 Å². The first kappa shape index (κ1) is 19.8. The Morgan fingerprint density at radius 3 is 2.59 bits per heavy atom. The molecule has 34 heavy (non-hydrogen) atoms. The van der Waals surface area contributed by atoms with Gasteiger partial charge in [0.1, 0.15) is 11.3 Å². The van der Waals surface area contributed by atoms with E-state index in [0.29, 0.717) is 39.4 Å². The summed E-state index contributed by atoms with van der Waals surface area (Å²) in [5.74, 6) is -3.93. The summed E-state index contributed by atoms with van der Waals surface area (Å²) in [6.07, 6.45) is 2.50. The molecule has 9 heteroatoms. The Kier molecular flexibility index (Phi) is 4.84. The third-order valence-electron chi connectivity index (χ3n) is 6.27. The van der Waals surface area contributed by atoms with Gasteiger partial charge in [0, 0.05) is 31.1 Å². The van der Waals surface area contributed by atoms with E-state index in [1.165, 1.54) is 16.7 Å². The Bertz CT molecular complexity index is 1430. The summed E-state index contributed by atoms with van der Waals surface area (Å²) in [5, 5.41) is 13.2. The van der Waals surface area contributed by atoms with Crippen molar-refractivity contribution in [2.75, 3.05) is 0 Å². The second-order valence-corrected chi connectivity index (χ2v) is 8.68. The van der Waals surface area contributed by atoms with Crippen LogP contribution in [0, 0.1) is 19.8 Å². The first-order valence-corrected chi connectivity index (χ1v) is 11.0. The molecule has 0 spiro atoms. The number of carbonyl (C=O) groups is 1. The second kappa shape index (κ2) is 8.30. The number of hydrogen-bond acceptors (Lipinski definition) is 5. The molecule has 1 aliphatic carbocycles. The summed E-state index contributed by atoms with van der Waals surface area (Å²) in [5.41, 5.74) is 3.71. The average Bonchev–Trinajstić information content (AvgIpc) is 3.38. The fourth-order valence-corrected chi connectivity index (χ4v) is 4.43. The molecule has 0 radical (unpaired) electrons. The normalized spacial score (nSPS) is 17.5. The van der Waals surface area contributed by atoms with Crippen molar-refractivity contribution in [3.8, 4) is 22.4 Å². The summed E-state index contributed by atoms with van der Waals surface area (Å²) in [7, 11) is 0. The minimum Gasteiger partial charge on any atom is -0.478 e. The van der Waals surface area contributed by atoms with E-state index in [4.69, 9.17) is 12.2 Å². The van der Waals surface area contributed by atoms with Gasteiger partial charge in [-0.3, -0.25) is 0 Å². The Morgan fingerprint density at radius 1 is 1.26 bits per heavy atom. The van der Waals surface area contributed by atoms with Crippen LogP contribution in [-0.2, 0) is 6.50 Å². The van der Waals surface area contributed by atoms with Crippen LogP contribution in [-0.4, -0.2) is 36.7 Å². The lowest BCUT2D eigenvalue weighted by atomic mass is 9.87. The predicted molar refractivity (Wildman–Crippen MR) is 122 cm³/mol. The van der Waals surface area contributed by atoms with Gasteiger partial charge in [0.25, 0.3) is 0 Å². The lowest BCUT2D eigenvalue weighted by molar-refractivity contribution is -0.0472. The largest absolute Gasteiger partial charge is 0.478 e. The zero-order valence-corrected chi connectivity index (χ0v) is 18.7. The van der Waals surface area contributed by atoms with Crippen LogP contribution in [0.2, 0.25) is 0 Å². The SMILES string of the molecule is [2H]C([2H])(C1CCC(F)(F)CC1)n1cc(-c2ccc(C(=O)O)cc2)c2ncc(-c3c(C)noc3C)nc21. The van der Waals surface area contributed by atoms with Crippen molar-refractivity contribution in [2.24, 2.45) is 5.92 Å². The van der Waals surface area contributed by atoms with E-state index in [0.717, 1.165) is 0 Å². The monoisotopic (exact) mass is 468 g/mol. The van der Waals surface area contributed by atoms with Gasteiger partial charge in [0.2, 0.25) is 5.92 Å². The van der Waals surface area contributed by atoms with Crippen LogP contribution in [0.4, 0.5) is 8.78 Å². The highest BCUT2D eigenvalue weighted by Gasteiger charge is 2.35. The minimum atomic E-state index is -2.78. The highest BCUT2D eigenvalue weighted by atomic mass is 19.3. The first-order valence-electron chi connectivity index (χ1n) is 12.0. The summed E-state index contributed by atoms with van der Waals surface area (Å²) in [6.45, 7) is 1.50. The van der Waals surface area contributed by atoms with Crippen molar-refractivity contribution in [3.05, 3.63) is 53.7 Å². The molecule has 3 heterocycles. The number of alkyl halides is 2. The van der Waals surface area contributed by atoms with E-state index in [2.05, 4.69) is 10.1 Å². The Morgan fingerprint density at radius 2 is 1.97 bits per heavy atom. The van der Waals surface area contributed by atoms with Gasteiger partial charge < -0.3 is 14.2 Å². The topological polar surface area (TPSA) is 94.0 Å². The first-order chi connectivity index (χ1) is 17.0. The van der Waals surface area contributed by atoms with E-state index < -0.39 is 24.3 Å². The molecule has 1 fully saturated rings. The highest BCUT2D eigenvalue weighted by Crippen LogP contribution is 2.38. The third-order valence-corrected chi connectivity index (χ3v) is 6.27. The van der Waals surface area contributed by atoms with E-state index >= 15 is 0 Å². The number of carboxylic acid groups (broad SMARTS) is 1. The number of benzene rings is 1. The predicted octanol–water partition coefficient (Wildman–Crippen LogP) is 5.89. The fourth-order valence-electron chi connectivity index (χ4n) is 4.43. The molecule has 1 aromatic carbocycles. The van der Waals surface area contributed by atoms with E-state index in [1.54, 1.807) is 38.4 Å². The number of aromatic carboxylic acids is 1. The molecule has 5 rings (SSSR count). The van der Waals surface area contributed by atoms with Crippen LogP contribution >= 0.6 is 0 Å². The maximum Gasteiger partial charge on any atom is 0.335 e.